The van der Waals surface area contributed by atoms with Crippen LogP contribution in [0.2, 0.25) is 0 Å². The van der Waals surface area contributed by atoms with Gasteiger partial charge in [0.2, 0.25) is 6.79 Å². The van der Waals surface area contributed by atoms with Gasteiger partial charge in [-0.15, -0.1) is 0 Å². The zero-order chi connectivity index (χ0) is 22.1. The molecule has 1 aromatic carbocycles. The average Bonchev–Trinajstić information content (AvgIpc) is 3.30. The van der Waals surface area contributed by atoms with Crippen molar-refractivity contribution in [1.29, 1.82) is 5.26 Å². The van der Waals surface area contributed by atoms with Gasteiger partial charge in [-0.2, -0.15) is 5.26 Å². The molecule has 0 saturated carbocycles. The molecule has 0 radical (unpaired) electrons. The van der Waals surface area contributed by atoms with Crippen molar-refractivity contribution < 1.29 is 9.47 Å². The van der Waals surface area contributed by atoms with E-state index < -0.39 is 0 Å². The van der Waals surface area contributed by atoms with E-state index in [0.717, 1.165) is 53.1 Å². The zero-order valence-corrected chi connectivity index (χ0v) is 18.7. The summed E-state index contributed by atoms with van der Waals surface area (Å²) in [5.74, 6) is 2.73. The minimum absolute atomic E-state index is 0.359. The number of benzene rings is 1. The second-order valence-electron chi connectivity index (χ2n) is 7.23. The number of hydrogen-bond acceptors (Lipinski definition) is 5. The van der Waals surface area contributed by atoms with Crippen LogP contribution >= 0.6 is 0 Å². The highest BCUT2D eigenvalue weighted by Gasteiger charge is 2.13. The molecule has 2 aromatic rings. The number of aromatic nitrogens is 2. The molecule has 0 unspecified atom stereocenters. The Kier molecular flexibility index (Phi) is 8.54. The Morgan fingerprint density at radius 2 is 1.87 bits per heavy atom. The lowest BCUT2D eigenvalue weighted by molar-refractivity contribution is 0.174. The van der Waals surface area contributed by atoms with E-state index in [1.54, 1.807) is 6.08 Å². The van der Waals surface area contributed by atoms with Gasteiger partial charge < -0.3 is 19.4 Å². The third-order valence-electron chi connectivity index (χ3n) is 5.11. The van der Waals surface area contributed by atoms with Crippen LogP contribution < -0.4 is 25.5 Å². The van der Waals surface area contributed by atoms with E-state index >= 15 is 0 Å². The number of hydrogen-bond donors (Lipinski definition) is 1. The maximum atomic E-state index is 8.57. The lowest BCUT2D eigenvalue weighted by Crippen LogP contribution is -2.34. The van der Waals surface area contributed by atoms with E-state index in [0.29, 0.717) is 13.2 Å². The molecule has 1 aromatic heterocycles. The van der Waals surface area contributed by atoms with Crippen molar-refractivity contribution in [2.24, 2.45) is 0 Å². The Hall–Kier alpha value is -3.20. The molecule has 0 atom stereocenters. The van der Waals surface area contributed by atoms with Gasteiger partial charge in [-0.05, 0) is 69.9 Å². The molecular formula is C24H32N4O2. The number of nitrogens with zero attached hydrogens (tertiary/aromatic N) is 3. The number of fused-ring (bicyclic) bond motifs is 1. The first-order chi connectivity index (χ1) is 14.4. The van der Waals surface area contributed by atoms with E-state index in [2.05, 4.69) is 41.4 Å². The molecule has 0 bridgehead atoms. The molecule has 0 amide bonds. The molecule has 0 fully saturated rings. The zero-order valence-electron chi connectivity index (χ0n) is 18.7. The quantitative estimate of drug-likeness (QED) is 0.743. The topological polar surface area (TPSA) is 72.1 Å². The number of rotatable bonds is 6. The first-order valence-corrected chi connectivity index (χ1v) is 10.2. The van der Waals surface area contributed by atoms with Gasteiger partial charge in [0, 0.05) is 25.7 Å². The minimum Gasteiger partial charge on any atom is -0.454 e. The molecule has 1 N–H and O–H groups in total. The van der Waals surface area contributed by atoms with Crippen molar-refractivity contribution in [2.45, 2.75) is 53.5 Å². The lowest BCUT2D eigenvalue weighted by atomic mass is 10.1. The van der Waals surface area contributed by atoms with Gasteiger partial charge >= 0.3 is 0 Å². The lowest BCUT2D eigenvalue weighted by Gasteiger charge is -2.04. The number of aryl methyl sites for hydroxylation is 3. The van der Waals surface area contributed by atoms with E-state index in [-0.39, 0.29) is 0 Å². The molecule has 6 heteroatoms. The standard InChI is InChI=1S/C15H22N4.C9H10O2/c1-5-9-14-15(12(2)17-4)18-13(3)19(14)11-8-6-7-10-16;1-6-3-8-9(4-7(6)2)11-5-10-8/h5,9,17H,1,6-8,11H2,2-4H3;3-4H,5H2,1-2H3/b14-9+,15-12-;. The summed E-state index contributed by atoms with van der Waals surface area (Å²) in [5, 5.41) is 13.8. The molecule has 1 aliphatic rings. The van der Waals surface area contributed by atoms with Gasteiger partial charge in [-0.1, -0.05) is 12.7 Å². The van der Waals surface area contributed by atoms with Crippen molar-refractivity contribution in [3.05, 3.63) is 52.4 Å². The van der Waals surface area contributed by atoms with Crippen molar-refractivity contribution in [1.82, 2.24) is 14.9 Å². The van der Waals surface area contributed by atoms with Gasteiger partial charge in [0.05, 0.1) is 11.4 Å². The van der Waals surface area contributed by atoms with E-state index in [1.165, 1.54) is 11.1 Å². The molecule has 160 valence electrons. The van der Waals surface area contributed by atoms with Gasteiger partial charge in [-0.25, -0.2) is 4.98 Å². The number of nitriles is 1. The van der Waals surface area contributed by atoms with Crippen molar-refractivity contribution in [2.75, 3.05) is 13.8 Å². The monoisotopic (exact) mass is 408 g/mol. The predicted molar refractivity (Wildman–Crippen MR) is 121 cm³/mol. The summed E-state index contributed by atoms with van der Waals surface area (Å²) < 4.78 is 12.6. The van der Waals surface area contributed by atoms with E-state index in [9.17, 15) is 0 Å². The molecule has 1 aliphatic heterocycles. The number of nitrogens with one attached hydrogen (secondary N) is 1. The molecule has 0 spiro atoms. The maximum absolute atomic E-state index is 8.57. The molecule has 3 rings (SSSR count). The Labute approximate surface area is 179 Å². The Balaban J connectivity index is 0.000000244. The van der Waals surface area contributed by atoms with Crippen molar-refractivity contribution >= 4 is 11.8 Å². The SMILES string of the molecule is C=C/C=c1\c(=C(/C)NC)nc(C)n1CCCCC#N.Cc1cc2c(cc1C)OCO2. The summed E-state index contributed by atoms with van der Waals surface area (Å²) in [7, 11) is 1.90. The smallest absolute Gasteiger partial charge is 0.231 e. The van der Waals surface area contributed by atoms with Crippen LogP contribution in [0.25, 0.3) is 11.8 Å². The fourth-order valence-corrected chi connectivity index (χ4v) is 3.16. The second-order valence-corrected chi connectivity index (χ2v) is 7.23. The molecule has 0 saturated heterocycles. The number of allylic oxidation sites excluding steroid dienone is 1. The van der Waals surface area contributed by atoms with Crippen LogP contribution in [-0.4, -0.2) is 23.4 Å². The van der Waals surface area contributed by atoms with E-state index in [1.807, 2.05) is 39.1 Å². The fraction of sp³-hybridized carbons (Fsp3) is 0.417. The summed E-state index contributed by atoms with van der Waals surface area (Å²) in [5.41, 5.74) is 3.54. The Bertz CT molecular complexity index is 1020. The first kappa shape index (κ1) is 23.1. The number of ether oxygens (including phenoxy) is 2. The van der Waals surface area contributed by atoms with Crippen molar-refractivity contribution in [3.8, 4) is 17.6 Å². The number of imidazole rings is 1. The summed E-state index contributed by atoms with van der Waals surface area (Å²) in [4.78, 5) is 4.62. The van der Waals surface area contributed by atoms with Crippen LogP contribution in [0.1, 0.15) is 43.1 Å². The summed E-state index contributed by atoms with van der Waals surface area (Å²) in [6, 6.07) is 6.20. The van der Waals surface area contributed by atoms with Gasteiger partial charge in [0.1, 0.15) is 11.2 Å². The van der Waals surface area contributed by atoms with Crippen LogP contribution in [0, 0.1) is 32.1 Å². The summed E-state index contributed by atoms with van der Waals surface area (Å²) in [6.07, 6.45) is 6.30. The van der Waals surface area contributed by atoms with Crippen LogP contribution in [0.15, 0.2) is 24.8 Å². The average molecular weight is 409 g/mol. The predicted octanol–water partition coefficient (Wildman–Crippen LogP) is 3.23. The molecule has 6 nitrogen and oxygen atoms in total. The first-order valence-electron chi connectivity index (χ1n) is 10.2. The number of unbranched alkanes of at least 4 members (excludes halogenated alkanes) is 2. The van der Waals surface area contributed by atoms with Crippen LogP contribution in [0.5, 0.6) is 11.5 Å². The highest BCUT2D eigenvalue weighted by Crippen LogP contribution is 2.34. The second kappa shape index (κ2) is 11.1. The van der Waals surface area contributed by atoms with Crippen molar-refractivity contribution in [3.63, 3.8) is 0 Å². The maximum Gasteiger partial charge on any atom is 0.231 e. The normalized spacial score (nSPS) is 13.3. The summed E-state index contributed by atoms with van der Waals surface area (Å²) in [6.45, 7) is 13.2. The summed E-state index contributed by atoms with van der Waals surface area (Å²) >= 11 is 0. The van der Waals surface area contributed by atoms with Gasteiger partial charge in [0.25, 0.3) is 0 Å². The van der Waals surface area contributed by atoms with Gasteiger partial charge in [0.15, 0.2) is 11.5 Å². The van der Waals surface area contributed by atoms with Crippen LogP contribution in [-0.2, 0) is 6.54 Å². The minimum atomic E-state index is 0.359. The highest BCUT2D eigenvalue weighted by molar-refractivity contribution is 5.47. The molecule has 30 heavy (non-hydrogen) atoms. The highest BCUT2D eigenvalue weighted by atomic mass is 16.7. The Morgan fingerprint density at radius 3 is 2.40 bits per heavy atom. The Morgan fingerprint density at radius 1 is 1.23 bits per heavy atom. The fourth-order valence-electron chi connectivity index (χ4n) is 3.16. The van der Waals surface area contributed by atoms with Crippen LogP contribution in [0.3, 0.4) is 0 Å². The van der Waals surface area contributed by atoms with Crippen LogP contribution in [0.4, 0.5) is 0 Å². The molecule has 2 heterocycles. The van der Waals surface area contributed by atoms with Gasteiger partial charge in [-0.3, -0.25) is 0 Å². The third-order valence-corrected chi connectivity index (χ3v) is 5.11. The van der Waals surface area contributed by atoms with E-state index in [4.69, 9.17) is 14.7 Å². The molecule has 0 aliphatic carbocycles. The molecular weight excluding hydrogens is 376 g/mol. The largest absolute Gasteiger partial charge is 0.454 e. The third kappa shape index (κ3) is 5.66.